The number of benzene rings is 2. The van der Waals surface area contributed by atoms with E-state index in [1.807, 2.05) is 0 Å². The van der Waals surface area contributed by atoms with Crippen LogP contribution in [0.3, 0.4) is 0 Å². The van der Waals surface area contributed by atoms with Gasteiger partial charge in [0.15, 0.2) is 0 Å². The predicted molar refractivity (Wildman–Crippen MR) is 102 cm³/mol. The number of hydrogen-bond acceptors (Lipinski definition) is 2. The van der Waals surface area contributed by atoms with E-state index in [4.69, 9.17) is 11.5 Å². The first-order valence-corrected chi connectivity index (χ1v) is 9.20. The van der Waals surface area contributed by atoms with Gasteiger partial charge in [-0.05, 0) is 36.8 Å². The van der Waals surface area contributed by atoms with E-state index < -0.39 is 0 Å². The third-order valence-electron chi connectivity index (χ3n) is 5.96. The Morgan fingerprint density at radius 1 is 0.708 bits per heavy atom. The molecule has 4 N–H and O–H groups in total. The van der Waals surface area contributed by atoms with Gasteiger partial charge in [-0.1, -0.05) is 74.5 Å². The van der Waals surface area contributed by atoms with E-state index in [1.165, 1.54) is 11.1 Å². The second-order valence-corrected chi connectivity index (χ2v) is 7.51. The van der Waals surface area contributed by atoms with Gasteiger partial charge in [-0.2, -0.15) is 0 Å². The molecule has 0 aromatic heterocycles. The molecule has 0 aliphatic heterocycles. The molecule has 2 fully saturated rings. The molecule has 0 spiro atoms. The molecule has 0 bridgehead atoms. The van der Waals surface area contributed by atoms with Crippen molar-refractivity contribution in [3.05, 3.63) is 71.8 Å². The van der Waals surface area contributed by atoms with E-state index in [-0.39, 0.29) is 11.1 Å². The predicted octanol–water partition coefficient (Wildman–Crippen LogP) is 4.56. The third-order valence-corrected chi connectivity index (χ3v) is 5.96. The van der Waals surface area contributed by atoms with Gasteiger partial charge in [-0.25, -0.2) is 0 Å². The van der Waals surface area contributed by atoms with Gasteiger partial charge >= 0.3 is 0 Å². The second kappa shape index (κ2) is 6.70. The smallest absolute Gasteiger partial charge is 0.0228 e. The van der Waals surface area contributed by atoms with Gasteiger partial charge in [0.05, 0.1) is 0 Å². The molecule has 2 nitrogen and oxygen atoms in total. The lowest BCUT2D eigenvalue weighted by Gasteiger charge is -2.06. The Balaban J connectivity index is 0.000000141. The van der Waals surface area contributed by atoms with E-state index >= 15 is 0 Å². The molecule has 2 saturated carbocycles. The van der Waals surface area contributed by atoms with Gasteiger partial charge in [0.25, 0.3) is 0 Å². The van der Waals surface area contributed by atoms with Crippen LogP contribution in [-0.2, 0) is 0 Å². The first-order valence-electron chi connectivity index (χ1n) is 9.20. The zero-order chi connectivity index (χ0) is 17.2. The van der Waals surface area contributed by atoms with Gasteiger partial charge in [0, 0.05) is 22.9 Å². The van der Waals surface area contributed by atoms with Crippen molar-refractivity contribution in [1.29, 1.82) is 0 Å². The van der Waals surface area contributed by atoms with Crippen LogP contribution in [0.1, 0.15) is 62.5 Å². The Morgan fingerprint density at radius 2 is 1.04 bits per heavy atom. The Kier molecular flexibility index (Phi) is 4.80. The zero-order valence-corrected chi connectivity index (χ0v) is 14.9. The molecule has 2 aromatic rings. The summed E-state index contributed by atoms with van der Waals surface area (Å²) in [4.78, 5) is 0. The Bertz CT molecular complexity index is 595. The zero-order valence-electron chi connectivity index (χ0n) is 14.9. The minimum absolute atomic E-state index is 0.112. The molecule has 4 atom stereocenters. The van der Waals surface area contributed by atoms with Crippen LogP contribution in [-0.4, -0.2) is 11.1 Å². The van der Waals surface area contributed by atoms with Crippen molar-refractivity contribution < 1.29 is 0 Å². The molecule has 2 aromatic carbocycles. The van der Waals surface area contributed by atoms with E-state index in [1.54, 1.807) is 0 Å². The van der Waals surface area contributed by atoms with Crippen LogP contribution in [0, 0.1) is 0 Å². The van der Waals surface area contributed by atoms with Crippen LogP contribution in [0.25, 0.3) is 0 Å². The summed E-state index contributed by atoms with van der Waals surface area (Å²) in [5.41, 5.74) is 15.3. The number of rotatable bonds is 4. The lowest BCUT2D eigenvalue weighted by Crippen LogP contribution is -2.22. The summed E-state index contributed by atoms with van der Waals surface area (Å²) in [5.74, 6) is 1.23. The Hall–Kier alpha value is -1.64. The van der Waals surface area contributed by atoms with Crippen molar-refractivity contribution >= 4 is 0 Å². The fraction of sp³-hybridized carbons (Fsp3) is 0.455. The quantitative estimate of drug-likeness (QED) is 0.867. The topological polar surface area (TPSA) is 52.0 Å². The molecule has 4 rings (SSSR count). The van der Waals surface area contributed by atoms with Crippen LogP contribution in [0.15, 0.2) is 60.7 Å². The van der Waals surface area contributed by atoms with Crippen LogP contribution in [0.4, 0.5) is 0 Å². The summed E-state index contributed by atoms with van der Waals surface area (Å²) in [6.07, 6.45) is 4.50. The lowest BCUT2D eigenvalue weighted by molar-refractivity contribution is 0.626. The van der Waals surface area contributed by atoms with Gasteiger partial charge in [-0.3, -0.25) is 0 Å². The van der Waals surface area contributed by atoms with Crippen molar-refractivity contribution in [2.45, 2.75) is 62.4 Å². The summed E-state index contributed by atoms with van der Waals surface area (Å²) in [6, 6.07) is 21.2. The molecular weight excluding hydrogens is 292 g/mol. The second-order valence-electron chi connectivity index (χ2n) is 7.51. The third kappa shape index (κ3) is 3.55. The molecule has 2 aliphatic carbocycles. The monoisotopic (exact) mass is 322 g/mol. The molecule has 2 unspecified atom stereocenters. The molecule has 0 amide bonds. The van der Waals surface area contributed by atoms with Crippen molar-refractivity contribution in [2.24, 2.45) is 11.5 Å². The first kappa shape index (κ1) is 17.2. The van der Waals surface area contributed by atoms with Gasteiger partial charge < -0.3 is 11.5 Å². The van der Waals surface area contributed by atoms with Crippen molar-refractivity contribution in [3.8, 4) is 0 Å². The van der Waals surface area contributed by atoms with Gasteiger partial charge in [-0.15, -0.1) is 0 Å². The standard InChI is InChI=1S/2C11H15N/c2*1-2-11(12)8-10(11)9-6-4-3-5-7-9/h2*3-7,10H,2,8,12H2,1H3/t10-,11+;/m0./s1. The summed E-state index contributed by atoms with van der Waals surface area (Å²) >= 11 is 0. The largest absolute Gasteiger partial charge is 0.325 e. The summed E-state index contributed by atoms with van der Waals surface area (Å²) in [7, 11) is 0. The SMILES string of the molecule is CCC1(N)CC1c1ccccc1.CC[C@@]1(N)C[C@H]1c1ccccc1. The maximum atomic E-state index is 6.12. The number of nitrogens with two attached hydrogens (primary N) is 2. The highest BCUT2D eigenvalue weighted by Crippen LogP contribution is 2.51. The molecule has 24 heavy (non-hydrogen) atoms. The average molecular weight is 322 g/mol. The summed E-state index contributed by atoms with van der Waals surface area (Å²) in [6.45, 7) is 4.34. The molecule has 128 valence electrons. The van der Waals surface area contributed by atoms with E-state index in [0.717, 1.165) is 25.7 Å². The van der Waals surface area contributed by atoms with Crippen molar-refractivity contribution in [1.82, 2.24) is 0 Å². The van der Waals surface area contributed by atoms with Crippen LogP contribution < -0.4 is 11.5 Å². The minimum atomic E-state index is 0.112. The molecule has 0 saturated heterocycles. The van der Waals surface area contributed by atoms with Crippen LogP contribution in [0.5, 0.6) is 0 Å². The average Bonchev–Trinajstić information content (AvgIpc) is 3.53. The molecular formula is C22H30N2. The molecule has 0 heterocycles. The van der Waals surface area contributed by atoms with Crippen LogP contribution >= 0.6 is 0 Å². The van der Waals surface area contributed by atoms with Crippen molar-refractivity contribution in [3.63, 3.8) is 0 Å². The molecule has 2 aliphatic rings. The first-order chi connectivity index (χ1) is 11.5. The minimum Gasteiger partial charge on any atom is -0.325 e. The highest BCUT2D eigenvalue weighted by Gasteiger charge is 2.50. The Labute approximate surface area is 146 Å². The van der Waals surface area contributed by atoms with E-state index in [2.05, 4.69) is 74.5 Å². The van der Waals surface area contributed by atoms with Gasteiger partial charge in [0.1, 0.15) is 0 Å². The normalized spacial score (nSPS) is 33.3. The van der Waals surface area contributed by atoms with Crippen molar-refractivity contribution in [2.75, 3.05) is 0 Å². The highest BCUT2D eigenvalue weighted by molar-refractivity contribution is 5.33. The summed E-state index contributed by atoms with van der Waals surface area (Å²) < 4.78 is 0. The maximum absolute atomic E-state index is 6.12. The molecule has 2 heteroatoms. The maximum Gasteiger partial charge on any atom is 0.0228 e. The van der Waals surface area contributed by atoms with E-state index in [9.17, 15) is 0 Å². The highest BCUT2D eigenvalue weighted by atomic mass is 14.9. The lowest BCUT2D eigenvalue weighted by atomic mass is 10.1. The van der Waals surface area contributed by atoms with Gasteiger partial charge in [0.2, 0.25) is 0 Å². The van der Waals surface area contributed by atoms with E-state index in [0.29, 0.717) is 11.8 Å². The molecule has 0 radical (unpaired) electrons. The Morgan fingerprint density at radius 3 is 1.29 bits per heavy atom. The number of hydrogen-bond donors (Lipinski definition) is 2. The fourth-order valence-electron chi connectivity index (χ4n) is 3.69. The summed E-state index contributed by atoms with van der Waals surface area (Å²) in [5, 5.41) is 0. The fourth-order valence-corrected chi connectivity index (χ4v) is 3.69. The van der Waals surface area contributed by atoms with Crippen LogP contribution in [0.2, 0.25) is 0 Å².